The third-order valence-corrected chi connectivity index (χ3v) is 2.38. The molecule has 5 nitrogen and oxygen atoms in total. The van der Waals surface area contributed by atoms with Crippen LogP contribution >= 0.6 is 0 Å². The molecule has 0 aromatic rings. The Morgan fingerprint density at radius 2 is 1.47 bits per heavy atom. The normalized spacial score (nSPS) is 11.6. The molecule has 0 bridgehead atoms. The summed E-state index contributed by atoms with van der Waals surface area (Å²) in [5.74, 6) is -0.198. The van der Waals surface area contributed by atoms with Gasteiger partial charge in [-0.2, -0.15) is 0 Å². The maximum Gasteiger partial charge on any atom is 0.320 e. The summed E-state index contributed by atoms with van der Waals surface area (Å²) >= 11 is 0. The van der Waals surface area contributed by atoms with Crippen LogP contribution in [0.15, 0.2) is 0 Å². The van der Waals surface area contributed by atoms with E-state index < -0.39 is 0 Å². The molecular weight excluding hydrogens is 246 g/mol. The van der Waals surface area contributed by atoms with Gasteiger partial charge >= 0.3 is 5.97 Å². The Morgan fingerprint density at radius 1 is 1.00 bits per heavy atom. The van der Waals surface area contributed by atoms with E-state index in [9.17, 15) is 4.79 Å². The van der Waals surface area contributed by atoms with Crippen molar-refractivity contribution in [3.63, 3.8) is 0 Å². The summed E-state index contributed by atoms with van der Waals surface area (Å²) in [7, 11) is 0. The maximum absolute atomic E-state index is 11.5. The standard InChI is InChI=1S/C14H29NO4/c1-6-17-14(16)11-15(7-9-18-12(2)3)8-10-19-13(4)5/h12-13H,6-11H2,1-5H3. The molecule has 5 heteroatoms. The Hall–Kier alpha value is -0.650. The van der Waals surface area contributed by atoms with Gasteiger partial charge in [-0.1, -0.05) is 0 Å². The van der Waals surface area contributed by atoms with E-state index in [4.69, 9.17) is 14.2 Å². The summed E-state index contributed by atoms with van der Waals surface area (Å²) in [6, 6.07) is 0. The lowest BCUT2D eigenvalue weighted by Crippen LogP contribution is -2.37. The molecule has 0 aliphatic heterocycles. The molecule has 114 valence electrons. The van der Waals surface area contributed by atoms with Crippen molar-refractivity contribution in [1.82, 2.24) is 4.90 Å². The van der Waals surface area contributed by atoms with Gasteiger partial charge in [0.15, 0.2) is 0 Å². The second kappa shape index (κ2) is 11.2. The van der Waals surface area contributed by atoms with Gasteiger partial charge in [-0.05, 0) is 34.6 Å². The van der Waals surface area contributed by atoms with Crippen molar-refractivity contribution in [2.75, 3.05) is 39.5 Å². The lowest BCUT2D eigenvalue weighted by molar-refractivity contribution is -0.144. The zero-order chi connectivity index (χ0) is 14.7. The molecule has 0 aliphatic rings. The summed E-state index contributed by atoms with van der Waals surface area (Å²) in [5.41, 5.74) is 0. The first-order chi connectivity index (χ1) is 8.95. The van der Waals surface area contributed by atoms with Gasteiger partial charge in [0.05, 0.1) is 38.6 Å². The van der Waals surface area contributed by atoms with Crippen LogP contribution < -0.4 is 0 Å². The molecule has 0 spiro atoms. The van der Waals surface area contributed by atoms with E-state index in [0.29, 0.717) is 32.9 Å². The topological polar surface area (TPSA) is 48.0 Å². The summed E-state index contributed by atoms with van der Waals surface area (Å²) < 4.78 is 16.0. The minimum absolute atomic E-state index is 0.198. The highest BCUT2D eigenvalue weighted by Crippen LogP contribution is 1.96. The van der Waals surface area contributed by atoms with Gasteiger partial charge in [-0.15, -0.1) is 0 Å². The lowest BCUT2D eigenvalue weighted by atomic mass is 10.4. The predicted octanol–water partition coefficient (Wildman–Crippen LogP) is 1.70. The van der Waals surface area contributed by atoms with E-state index >= 15 is 0 Å². The van der Waals surface area contributed by atoms with Gasteiger partial charge in [-0.3, -0.25) is 9.69 Å². The highest BCUT2D eigenvalue weighted by molar-refractivity contribution is 5.71. The fourth-order valence-corrected chi connectivity index (χ4v) is 1.49. The molecule has 0 amide bonds. The van der Waals surface area contributed by atoms with E-state index in [2.05, 4.69) is 0 Å². The van der Waals surface area contributed by atoms with Crippen molar-refractivity contribution in [2.24, 2.45) is 0 Å². The first-order valence-electron chi connectivity index (χ1n) is 7.06. The number of hydrogen-bond acceptors (Lipinski definition) is 5. The Labute approximate surface area is 117 Å². The van der Waals surface area contributed by atoms with Crippen molar-refractivity contribution in [3.8, 4) is 0 Å². The van der Waals surface area contributed by atoms with Gasteiger partial charge < -0.3 is 14.2 Å². The van der Waals surface area contributed by atoms with Crippen LogP contribution in [0.2, 0.25) is 0 Å². The van der Waals surface area contributed by atoms with Gasteiger partial charge in [-0.25, -0.2) is 0 Å². The van der Waals surface area contributed by atoms with Gasteiger partial charge in [0.25, 0.3) is 0 Å². The smallest absolute Gasteiger partial charge is 0.320 e. The number of carbonyl (C=O) groups is 1. The molecule has 0 saturated carbocycles. The van der Waals surface area contributed by atoms with E-state index in [1.807, 2.05) is 39.5 Å². The third-order valence-electron chi connectivity index (χ3n) is 2.38. The first-order valence-corrected chi connectivity index (χ1v) is 7.06. The number of ether oxygens (including phenoxy) is 3. The molecule has 0 unspecified atom stereocenters. The third kappa shape index (κ3) is 12.1. The van der Waals surface area contributed by atoms with Crippen LogP contribution in [0.3, 0.4) is 0 Å². The number of nitrogens with zero attached hydrogens (tertiary/aromatic N) is 1. The van der Waals surface area contributed by atoms with E-state index in [-0.39, 0.29) is 24.7 Å². The number of rotatable bonds is 11. The molecule has 0 fully saturated rings. The Morgan fingerprint density at radius 3 is 1.84 bits per heavy atom. The van der Waals surface area contributed by atoms with Crippen molar-refractivity contribution in [2.45, 2.75) is 46.8 Å². The van der Waals surface area contributed by atoms with Gasteiger partial charge in [0.1, 0.15) is 0 Å². The summed E-state index contributed by atoms with van der Waals surface area (Å²) in [6.07, 6.45) is 0.410. The average Bonchev–Trinajstić information content (AvgIpc) is 2.27. The van der Waals surface area contributed by atoms with Crippen LogP contribution in [0.4, 0.5) is 0 Å². The molecule has 0 rings (SSSR count). The summed E-state index contributed by atoms with van der Waals surface area (Å²) in [5, 5.41) is 0. The lowest BCUT2D eigenvalue weighted by Gasteiger charge is -2.22. The summed E-state index contributed by atoms with van der Waals surface area (Å²) in [4.78, 5) is 13.5. The predicted molar refractivity (Wildman–Crippen MR) is 75.2 cm³/mol. The molecule has 0 heterocycles. The molecule has 0 aromatic heterocycles. The Kier molecular flexibility index (Phi) is 10.8. The zero-order valence-electron chi connectivity index (χ0n) is 13.0. The highest BCUT2D eigenvalue weighted by Gasteiger charge is 2.12. The van der Waals surface area contributed by atoms with Crippen LogP contribution in [0.5, 0.6) is 0 Å². The maximum atomic E-state index is 11.5. The second-order valence-electron chi connectivity index (χ2n) is 4.92. The minimum Gasteiger partial charge on any atom is -0.465 e. The quantitative estimate of drug-likeness (QED) is 0.537. The molecule has 19 heavy (non-hydrogen) atoms. The van der Waals surface area contributed by atoms with Crippen LogP contribution in [0, 0.1) is 0 Å². The Balaban J connectivity index is 4.02. The monoisotopic (exact) mass is 275 g/mol. The SMILES string of the molecule is CCOC(=O)CN(CCOC(C)C)CCOC(C)C. The average molecular weight is 275 g/mol. The van der Waals surface area contributed by atoms with Crippen molar-refractivity contribution < 1.29 is 19.0 Å². The fraction of sp³-hybridized carbons (Fsp3) is 0.929. The van der Waals surface area contributed by atoms with E-state index in [1.54, 1.807) is 0 Å². The number of carbonyl (C=O) groups excluding carboxylic acids is 1. The van der Waals surface area contributed by atoms with Crippen molar-refractivity contribution >= 4 is 5.97 Å². The molecule has 0 radical (unpaired) electrons. The van der Waals surface area contributed by atoms with Gasteiger partial charge in [0, 0.05) is 13.1 Å². The second-order valence-corrected chi connectivity index (χ2v) is 4.92. The largest absolute Gasteiger partial charge is 0.465 e. The van der Waals surface area contributed by atoms with Crippen LogP contribution in [0.1, 0.15) is 34.6 Å². The molecule has 0 aromatic carbocycles. The molecule has 0 atom stereocenters. The van der Waals surface area contributed by atoms with Crippen LogP contribution in [-0.2, 0) is 19.0 Å². The van der Waals surface area contributed by atoms with E-state index in [0.717, 1.165) is 0 Å². The van der Waals surface area contributed by atoms with E-state index in [1.165, 1.54) is 0 Å². The molecular formula is C14H29NO4. The minimum atomic E-state index is -0.198. The number of hydrogen-bond donors (Lipinski definition) is 0. The Bertz CT molecular complexity index is 217. The molecule has 0 saturated heterocycles. The van der Waals surface area contributed by atoms with Crippen molar-refractivity contribution in [3.05, 3.63) is 0 Å². The first kappa shape index (κ1) is 18.4. The van der Waals surface area contributed by atoms with Crippen LogP contribution in [0.25, 0.3) is 0 Å². The van der Waals surface area contributed by atoms with Gasteiger partial charge in [0.2, 0.25) is 0 Å². The molecule has 0 aliphatic carbocycles. The molecule has 0 N–H and O–H groups in total. The van der Waals surface area contributed by atoms with Crippen molar-refractivity contribution in [1.29, 1.82) is 0 Å². The summed E-state index contributed by atoms with van der Waals surface area (Å²) in [6.45, 7) is 13.1. The highest BCUT2D eigenvalue weighted by atomic mass is 16.5. The zero-order valence-corrected chi connectivity index (χ0v) is 13.0. The van der Waals surface area contributed by atoms with Crippen LogP contribution in [-0.4, -0.2) is 62.5 Å². The number of esters is 1. The fourth-order valence-electron chi connectivity index (χ4n) is 1.49.